The number of halogens is 2. The van der Waals surface area contributed by atoms with Crippen molar-refractivity contribution in [3.8, 4) is 11.8 Å². The number of carbonyl (C=O) groups excluding carboxylic acids is 1. The van der Waals surface area contributed by atoms with Crippen LogP contribution >= 0.6 is 0 Å². The van der Waals surface area contributed by atoms with Crippen molar-refractivity contribution in [1.82, 2.24) is 10.3 Å². The average Bonchev–Trinajstić information content (AvgIpc) is 2.62. The standard InChI is InChI=1S/C22H18F2N2O/c1-14-7-8-18(23)15(11-14)9-10-22(2,3)26-21(27)17-12-16-5-4-6-19(24)20(16)25-13-17/h4-8,11-13H,1-3H3,(H,26,27). The number of hydrogen-bond donors (Lipinski definition) is 1. The van der Waals surface area contributed by atoms with Crippen molar-refractivity contribution in [3.05, 3.63) is 77.0 Å². The zero-order valence-corrected chi connectivity index (χ0v) is 15.2. The second-order valence-corrected chi connectivity index (χ2v) is 6.85. The van der Waals surface area contributed by atoms with E-state index >= 15 is 0 Å². The molecular weight excluding hydrogens is 346 g/mol. The Morgan fingerprint density at radius 3 is 2.67 bits per heavy atom. The highest BCUT2D eigenvalue weighted by Gasteiger charge is 2.19. The van der Waals surface area contributed by atoms with Gasteiger partial charge in [0.1, 0.15) is 17.2 Å². The predicted octanol–water partition coefficient (Wildman–Crippen LogP) is 4.38. The van der Waals surface area contributed by atoms with E-state index in [1.165, 1.54) is 18.3 Å². The van der Waals surface area contributed by atoms with Crippen LogP contribution in [0, 0.1) is 30.4 Å². The van der Waals surface area contributed by atoms with Crippen LogP contribution in [0.15, 0.2) is 48.7 Å². The molecule has 1 N–H and O–H groups in total. The maximum absolute atomic E-state index is 13.8. The highest BCUT2D eigenvalue weighted by Crippen LogP contribution is 2.17. The Hall–Kier alpha value is -3.26. The minimum Gasteiger partial charge on any atom is -0.336 e. The molecule has 0 unspecified atom stereocenters. The lowest BCUT2D eigenvalue weighted by Gasteiger charge is -2.20. The van der Waals surface area contributed by atoms with Gasteiger partial charge in [-0.15, -0.1) is 0 Å². The van der Waals surface area contributed by atoms with E-state index in [4.69, 9.17) is 0 Å². The first-order valence-corrected chi connectivity index (χ1v) is 8.41. The first-order chi connectivity index (χ1) is 12.7. The van der Waals surface area contributed by atoms with Crippen LogP contribution in [0.25, 0.3) is 10.9 Å². The number of pyridine rings is 1. The van der Waals surface area contributed by atoms with E-state index in [-0.39, 0.29) is 11.1 Å². The molecule has 0 radical (unpaired) electrons. The van der Waals surface area contributed by atoms with Crippen LogP contribution in [0.5, 0.6) is 0 Å². The molecule has 5 heteroatoms. The molecular formula is C22H18F2N2O. The van der Waals surface area contributed by atoms with E-state index in [0.717, 1.165) is 5.56 Å². The van der Waals surface area contributed by atoms with E-state index in [1.54, 1.807) is 44.2 Å². The molecule has 27 heavy (non-hydrogen) atoms. The first kappa shape index (κ1) is 18.5. The summed E-state index contributed by atoms with van der Waals surface area (Å²) in [5.41, 5.74) is 0.786. The summed E-state index contributed by atoms with van der Waals surface area (Å²) < 4.78 is 27.5. The predicted molar refractivity (Wildman–Crippen MR) is 101 cm³/mol. The fraction of sp³-hybridized carbons (Fsp3) is 0.182. The van der Waals surface area contributed by atoms with Crippen molar-refractivity contribution in [1.29, 1.82) is 0 Å². The Labute approximate surface area is 156 Å². The number of hydrogen-bond acceptors (Lipinski definition) is 2. The third-order valence-corrected chi connectivity index (χ3v) is 3.98. The fourth-order valence-corrected chi connectivity index (χ4v) is 2.59. The van der Waals surface area contributed by atoms with E-state index in [2.05, 4.69) is 22.1 Å². The Bertz CT molecular complexity index is 1090. The molecule has 0 aliphatic rings. The van der Waals surface area contributed by atoms with Gasteiger partial charge in [0.25, 0.3) is 5.91 Å². The molecule has 1 heterocycles. The van der Waals surface area contributed by atoms with Crippen LogP contribution < -0.4 is 5.32 Å². The molecule has 1 aromatic heterocycles. The quantitative estimate of drug-likeness (QED) is 0.686. The van der Waals surface area contributed by atoms with Gasteiger partial charge in [-0.2, -0.15) is 0 Å². The van der Waals surface area contributed by atoms with Crippen LogP contribution in [-0.4, -0.2) is 16.4 Å². The second-order valence-electron chi connectivity index (χ2n) is 6.85. The van der Waals surface area contributed by atoms with Gasteiger partial charge < -0.3 is 5.32 Å². The smallest absolute Gasteiger partial charge is 0.254 e. The van der Waals surface area contributed by atoms with Gasteiger partial charge in [-0.05, 0) is 50.6 Å². The zero-order valence-electron chi connectivity index (χ0n) is 15.2. The average molecular weight is 364 g/mol. The largest absolute Gasteiger partial charge is 0.336 e. The number of nitrogens with one attached hydrogen (secondary N) is 1. The minimum atomic E-state index is -0.899. The zero-order chi connectivity index (χ0) is 19.6. The molecule has 0 atom stereocenters. The van der Waals surface area contributed by atoms with E-state index < -0.39 is 23.1 Å². The lowest BCUT2D eigenvalue weighted by Crippen LogP contribution is -2.42. The molecule has 0 saturated heterocycles. The summed E-state index contributed by atoms with van der Waals surface area (Å²) >= 11 is 0. The van der Waals surface area contributed by atoms with Crippen molar-refractivity contribution in [2.75, 3.05) is 0 Å². The van der Waals surface area contributed by atoms with Gasteiger partial charge in [0.15, 0.2) is 0 Å². The lowest BCUT2D eigenvalue weighted by atomic mass is 10.0. The Morgan fingerprint density at radius 2 is 1.89 bits per heavy atom. The molecule has 0 aliphatic heterocycles. The normalized spacial score (nSPS) is 11.0. The van der Waals surface area contributed by atoms with Crippen LogP contribution in [0.2, 0.25) is 0 Å². The summed E-state index contributed by atoms with van der Waals surface area (Å²) in [7, 11) is 0. The number of nitrogens with zero attached hydrogens (tertiary/aromatic N) is 1. The van der Waals surface area contributed by atoms with Gasteiger partial charge in [0, 0.05) is 11.6 Å². The second kappa shape index (κ2) is 7.16. The number of carbonyl (C=O) groups is 1. The summed E-state index contributed by atoms with van der Waals surface area (Å²) in [4.78, 5) is 16.6. The number of amides is 1. The van der Waals surface area contributed by atoms with E-state index in [1.807, 2.05) is 6.92 Å². The van der Waals surface area contributed by atoms with Gasteiger partial charge in [0.05, 0.1) is 16.7 Å². The lowest BCUT2D eigenvalue weighted by molar-refractivity contribution is 0.0929. The van der Waals surface area contributed by atoms with Crippen LogP contribution in [0.3, 0.4) is 0 Å². The number of para-hydroxylation sites is 1. The summed E-state index contributed by atoms with van der Waals surface area (Å²) in [6.45, 7) is 5.30. The maximum Gasteiger partial charge on any atom is 0.254 e. The van der Waals surface area contributed by atoms with E-state index in [0.29, 0.717) is 10.9 Å². The molecule has 0 saturated carbocycles. The molecule has 1 amide bonds. The van der Waals surface area contributed by atoms with Crippen molar-refractivity contribution in [3.63, 3.8) is 0 Å². The number of aromatic nitrogens is 1. The van der Waals surface area contributed by atoms with Gasteiger partial charge in [-0.1, -0.05) is 30.0 Å². The number of aryl methyl sites for hydroxylation is 1. The number of benzene rings is 2. The minimum absolute atomic E-state index is 0.211. The monoisotopic (exact) mass is 364 g/mol. The molecule has 0 bridgehead atoms. The summed E-state index contributed by atoms with van der Waals surface area (Å²) in [6.07, 6.45) is 1.32. The SMILES string of the molecule is Cc1ccc(F)c(C#CC(C)(C)NC(=O)c2cnc3c(F)cccc3c2)c1. The maximum atomic E-state index is 13.8. The van der Waals surface area contributed by atoms with Gasteiger partial charge in [0.2, 0.25) is 0 Å². The fourth-order valence-electron chi connectivity index (χ4n) is 2.59. The third kappa shape index (κ3) is 4.29. The Balaban J connectivity index is 1.82. The molecule has 3 rings (SSSR count). The van der Waals surface area contributed by atoms with Crippen molar-refractivity contribution in [2.24, 2.45) is 0 Å². The highest BCUT2D eigenvalue weighted by molar-refractivity contribution is 5.97. The molecule has 0 fully saturated rings. The van der Waals surface area contributed by atoms with Crippen molar-refractivity contribution >= 4 is 16.8 Å². The van der Waals surface area contributed by atoms with Crippen LogP contribution in [0.1, 0.15) is 35.3 Å². The molecule has 3 aromatic rings. The van der Waals surface area contributed by atoms with Gasteiger partial charge in [-0.25, -0.2) is 8.78 Å². The topological polar surface area (TPSA) is 42.0 Å². The van der Waals surface area contributed by atoms with E-state index in [9.17, 15) is 13.6 Å². The summed E-state index contributed by atoms with van der Waals surface area (Å²) in [5, 5.41) is 3.32. The summed E-state index contributed by atoms with van der Waals surface area (Å²) in [5.74, 6) is 4.43. The Kier molecular flexibility index (Phi) is 4.91. The Morgan fingerprint density at radius 1 is 1.11 bits per heavy atom. The first-order valence-electron chi connectivity index (χ1n) is 8.41. The molecule has 0 aliphatic carbocycles. The van der Waals surface area contributed by atoms with Gasteiger partial charge in [-0.3, -0.25) is 9.78 Å². The van der Waals surface area contributed by atoms with Crippen LogP contribution in [-0.2, 0) is 0 Å². The highest BCUT2D eigenvalue weighted by atomic mass is 19.1. The van der Waals surface area contributed by atoms with Crippen molar-refractivity contribution < 1.29 is 13.6 Å². The number of rotatable bonds is 2. The number of fused-ring (bicyclic) bond motifs is 1. The van der Waals surface area contributed by atoms with Crippen molar-refractivity contribution in [2.45, 2.75) is 26.3 Å². The molecule has 2 aromatic carbocycles. The third-order valence-electron chi connectivity index (χ3n) is 3.98. The molecule has 0 spiro atoms. The summed E-state index contributed by atoms with van der Waals surface area (Å²) in [6, 6.07) is 10.8. The van der Waals surface area contributed by atoms with Gasteiger partial charge >= 0.3 is 0 Å². The molecule has 136 valence electrons. The molecule has 3 nitrogen and oxygen atoms in total. The van der Waals surface area contributed by atoms with Crippen LogP contribution in [0.4, 0.5) is 8.78 Å².